The Labute approximate surface area is 96.5 Å². The first kappa shape index (κ1) is 10.7. The summed E-state index contributed by atoms with van der Waals surface area (Å²) in [5.74, 6) is 0.811. The maximum absolute atomic E-state index is 11.5. The van der Waals surface area contributed by atoms with Crippen LogP contribution in [0.5, 0.6) is 0 Å². The standard InChI is InChI=1S/C10H13BrN2O2/c1-6-4-9(15-13-6)10(14)12-5-8(11)7-2-3-7/h4,7-8H,2-3,5H2,1H3,(H,12,14). The molecule has 15 heavy (non-hydrogen) atoms. The minimum absolute atomic E-state index is 0.194. The van der Waals surface area contributed by atoms with Crippen molar-refractivity contribution < 1.29 is 9.32 Å². The summed E-state index contributed by atoms with van der Waals surface area (Å²) in [6.07, 6.45) is 2.51. The summed E-state index contributed by atoms with van der Waals surface area (Å²) in [6, 6.07) is 1.63. The first-order valence-electron chi connectivity index (χ1n) is 5.02. The van der Waals surface area contributed by atoms with E-state index in [2.05, 4.69) is 26.4 Å². The summed E-state index contributed by atoms with van der Waals surface area (Å²) in [6.45, 7) is 2.43. The van der Waals surface area contributed by atoms with E-state index in [1.165, 1.54) is 12.8 Å². The van der Waals surface area contributed by atoms with Gasteiger partial charge in [0.1, 0.15) is 0 Å². The second-order valence-electron chi connectivity index (χ2n) is 3.90. The zero-order chi connectivity index (χ0) is 10.8. The van der Waals surface area contributed by atoms with Gasteiger partial charge in [0.25, 0.3) is 5.91 Å². The zero-order valence-electron chi connectivity index (χ0n) is 8.50. The number of alkyl halides is 1. The van der Waals surface area contributed by atoms with Crippen LogP contribution in [-0.2, 0) is 0 Å². The number of nitrogens with zero attached hydrogens (tertiary/aromatic N) is 1. The molecule has 0 aromatic carbocycles. The molecule has 1 fully saturated rings. The van der Waals surface area contributed by atoms with Gasteiger partial charge in [-0.2, -0.15) is 0 Å². The molecule has 1 aromatic heterocycles. The number of hydrogen-bond acceptors (Lipinski definition) is 3. The Hall–Kier alpha value is -0.840. The number of carbonyl (C=O) groups excluding carboxylic acids is 1. The quantitative estimate of drug-likeness (QED) is 0.852. The Bertz CT molecular complexity index is 360. The normalized spacial score (nSPS) is 17.5. The van der Waals surface area contributed by atoms with Crippen molar-refractivity contribution in [2.24, 2.45) is 5.92 Å². The van der Waals surface area contributed by atoms with Crippen molar-refractivity contribution in [1.82, 2.24) is 10.5 Å². The lowest BCUT2D eigenvalue weighted by molar-refractivity contribution is 0.0916. The highest BCUT2D eigenvalue weighted by molar-refractivity contribution is 9.09. The van der Waals surface area contributed by atoms with Gasteiger partial charge in [-0.25, -0.2) is 0 Å². The van der Waals surface area contributed by atoms with Crippen molar-refractivity contribution >= 4 is 21.8 Å². The van der Waals surface area contributed by atoms with Crippen LogP contribution >= 0.6 is 15.9 Å². The first-order chi connectivity index (χ1) is 7.16. The molecular weight excluding hydrogens is 260 g/mol. The predicted molar refractivity (Wildman–Crippen MR) is 59.0 cm³/mol. The van der Waals surface area contributed by atoms with Crippen LogP contribution in [0.25, 0.3) is 0 Å². The average Bonchev–Trinajstić information content (AvgIpc) is 2.97. The summed E-state index contributed by atoms with van der Waals surface area (Å²) < 4.78 is 4.86. The minimum atomic E-state index is -0.194. The number of rotatable bonds is 4. The van der Waals surface area contributed by atoms with Crippen LogP contribution in [0.4, 0.5) is 0 Å². The lowest BCUT2D eigenvalue weighted by atomic mass is 10.3. The number of nitrogens with one attached hydrogen (secondary N) is 1. The lowest BCUT2D eigenvalue weighted by Gasteiger charge is -2.07. The molecule has 82 valence electrons. The van der Waals surface area contributed by atoms with Gasteiger partial charge in [-0.05, 0) is 25.7 Å². The van der Waals surface area contributed by atoms with Crippen LogP contribution < -0.4 is 5.32 Å². The van der Waals surface area contributed by atoms with E-state index in [-0.39, 0.29) is 11.7 Å². The van der Waals surface area contributed by atoms with Crippen molar-refractivity contribution in [1.29, 1.82) is 0 Å². The van der Waals surface area contributed by atoms with Crippen LogP contribution in [0.2, 0.25) is 0 Å². The third-order valence-electron chi connectivity index (χ3n) is 2.44. The maximum Gasteiger partial charge on any atom is 0.289 e. The van der Waals surface area contributed by atoms with Crippen molar-refractivity contribution in [3.63, 3.8) is 0 Å². The second-order valence-corrected chi connectivity index (χ2v) is 5.07. The molecule has 2 rings (SSSR count). The van der Waals surface area contributed by atoms with Crippen molar-refractivity contribution in [3.8, 4) is 0 Å². The van der Waals surface area contributed by atoms with E-state index in [4.69, 9.17) is 4.52 Å². The van der Waals surface area contributed by atoms with E-state index >= 15 is 0 Å². The summed E-state index contributed by atoms with van der Waals surface area (Å²) in [4.78, 5) is 11.9. The average molecular weight is 273 g/mol. The molecule has 0 radical (unpaired) electrons. The number of hydrogen-bond donors (Lipinski definition) is 1. The van der Waals surface area contributed by atoms with Crippen molar-refractivity contribution in [2.75, 3.05) is 6.54 Å². The van der Waals surface area contributed by atoms with Crippen molar-refractivity contribution in [2.45, 2.75) is 24.6 Å². The van der Waals surface area contributed by atoms with Gasteiger partial charge in [0.2, 0.25) is 5.76 Å². The van der Waals surface area contributed by atoms with Crippen LogP contribution in [0, 0.1) is 12.8 Å². The van der Waals surface area contributed by atoms with Crippen LogP contribution in [-0.4, -0.2) is 22.4 Å². The van der Waals surface area contributed by atoms with E-state index < -0.39 is 0 Å². The summed E-state index contributed by atoms with van der Waals surface area (Å²) >= 11 is 3.55. The molecule has 1 unspecified atom stereocenters. The molecule has 1 aromatic rings. The fraction of sp³-hybridized carbons (Fsp3) is 0.600. The molecule has 1 aliphatic rings. The zero-order valence-corrected chi connectivity index (χ0v) is 10.1. The lowest BCUT2D eigenvalue weighted by Crippen LogP contribution is -2.30. The Morgan fingerprint density at radius 1 is 1.80 bits per heavy atom. The van der Waals surface area contributed by atoms with Gasteiger partial charge in [-0.3, -0.25) is 4.79 Å². The van der Waals surface area contributed by atoms with Gasteiger partial charge in [0, 0.05) is 17.4 Å². The highest BCUT2D eigenvalue weighted by atomic mass is 79.9. The molecule has 4 nitrogen and oxygen atoms in total. The number of aromatic nitrogens is 1. The van der Waals surface area contributed by atoms with Gasteiger partial charge in [-0.1, -0.05) is 21.1 Å². The van der Waals surface area contributed by atoms with Crippen molar-refractivity contribution in [3.05, 3.63) is 17.5 Å². The molecule has 1 saturated carbocycles. The van der Waals surface area contributed by atoms with Gasteiger partial charge < -0.3 is 9.84 Å². The molecule has 0 spiro atoms. The molecule has 1 aliphatic carbocycles. The number of carbonyl (C=O) groups is 1. The van der Waals surface area contributed by atoms with E-state index in [9.17, 15) is 4.79 Å². The summed E-state index contributed by atoms with van der Waals surface area (Å²) in [5.41, 5.74) is 0.720. The van der Waals surface area contributed by atoms with E-state index in [1.807, 2.05) is 0 Å². The van der Waals surface area contributed by atoms with E-state index in [0.717, 1.165) is 11.6 Å². The number of halogens is 1. The Morgan fingerprint density at radius 3 is 3.07 bits per heavy atom. The van der Waals surface area contributed by atoms with Crippen LogP contribution in [0.3, 0.4) is 0 Å². The molecule has 0 saturated heterocycles. The van der Waals surface area contributed by atoms with Gasteiger partial charge in [0.15, 0.2) is 0 Å². The topological polar surface area (TPSA) is 55.1 Å². The van der Waals surface area contributed by atoms with Gasteiger partial charge >= 0.3 is 0 Å². The minimum Gasteiger partial charge on any atom is -0.351 e. The third-order valence-corrected chi connectivity index (χ3v) is 3.51. The van der Waals surface area contributed by atoms with E-state index in [0.29, 0.717) is 11.4 Å². The molecule has 1 N–H and O–H groups in total. The number of aryl methyl sites for hydroxylation is 1. The maximum atomic E-state index is 11.5. The fourth-order valence-electron chi connectivity index (χ4n) is 1.37. The monoisotopic (exact) mass is 272 g/mol. The summed E-state index contributed by atoms with van der Waals surface area (Å²) in [5, 5.41) is 6.48. The molecular formula is C10H13BrN2O2. The van der Waals surface area contributed by atoms with Gasteiger partial charge in [-0.15, -0.1) is 0 Å². The largest absolute Gasteiger partial charge is 0.351 e. The first-order valence-corrected chi connectivity index (χ1v) is 5.94. The molecule has 5 heteroatoms. The smallest absolute Gasteiger partial charge is 0.289 e. The highest BCUT2D eigenvalue weighted by Crippen LogP contribution is 2.36. The van der Waals surface area contributed by atoms with E-state index in [1.54, 1.807) is 13.0 Å². The Kier molecular flexibility index (Phi) is 3.09. The highest BCUT2D eigenvalue weighted by Gasteiger charge is 2.29. The van der Waals surface area contributed by atoms with Crippen LogP contribution in [0.15, 0.2) is 10.6 Å². The molecule has 1 heterocycles. The molecule has 0 aliphatic heterocycles. The molecule has 1 amide bonds. The van der Waals surface area contributed by atoms with Crippen LogP contribution in [0.1, 0.15) is 29.1 Å². The van der Waals surface area contributed by atoms with Gasteiger partial charge in [0.05, 0.1) is 5.69 Å². The SMILES string of the molecule is Cc1cc(C(=O)NCC(Br)C2CC2)on1. The molecule has 0 bridgehead atoms. The molecule has 1 atom stereocenters. The second kappa shape index (κ2) is 4.35. The third kappa shape index (κ3) is 2.81. The Balaban J connectivity index is 1.81. The Morgan fingerprint density at radius 2 is 2.53 bits per heavy atom. The summed E-state index contributed by atoms with van der Waals surface area (Å²) in [7, 11) is 0. The number of amides is 1. The fourth-order valence-corrected chi connectivity index (χ4v) is 2.06. The predicted octanol–water partition coefficient (Wildman–Crippen LogP) is 1.89.